The zero-order valence-electron chi connectivity index (χ0n) is 13.1. The molecule has 1 aromatic rings. The van der Waals surface area contributed by atoms with Crippen molar-refractivity contribution in [1.29, 1.82) is 0 Å². The second-order valence-corrected chi connectivity index (χ2v) is 7.17. The molecule has 1 N–H and O–H groups in total. The third kappa shape index (κ3) is 3.25. The smallest absolute Gasteiger partial charge is 0.00952 e. The SMILES string of the molecule is Cc1cccc(C2CC(NC3CCCCCC3C)C2)c1. The molecule has 2 fully saturated rings. The summed E-state index contributed by atoms with van der Waals surface area (Å²) in [6, 6.07) is 10.6. The quantitative estimate of drug-likeness (QED) is 0.779. The number of rotatable bonds is 3. The minimum absolute atomic E-state index is 0.770. The maximum Gasteiger partial charge on any atom is 0.00952 e. The summed E-state index contributed by atoms with van der Waals surface area (Å²) in [5, 5.41) is 3.96. The molecule has 110 valence electrons. The van der Waals surface area contributed by atoms with E-state index in [0.717, 1.165) is 23.9 Å². The van der Waals surface area contributed by atoms with Crippen LogP contribution in [0.2, 0.25) is 0 Å². The highest BCUT2D eigenvalue weighted by Crippen LogP contribution is 2.38. The second kappa shape index (κ2) is 6.30. The largest absolute Gasteiger partial charge is 0.311 e. The number of aryl methyl sites for hydroxylation is 1. The summed E-state index contributed by atoms with van der Waals surface area (Å²) in [5.74, 6) is 1.67. The summed E-state index contributed by atoms with van der Waals surface area (Å²) in [6.45, 7) is 4.64. The third-order valence-corrected chi connectivity index (χ3v) is 5.46. The monoisotopic (exact) mass is 271 g/mol. The van der Waals surface area contributed by atoms with Gasteiger partial charge in [-0.3, -0.25) is 0 Å². The molecule has 0 aliphatic heterocycles. The molecule has 0 spiro atoms. The fraction of sp³-hybridized carbons (Fsp3) is 0.684. The van der Waals surface area contributed by atoms with Crippen LogP contribution in [0.1, 0.15) is 68.9 Å². The van der Waals surface area contributed by atoms with E-state index in [9.17, 15) is 0 Å². The first-order valence-electron chi connectivity index (χ1n) is 8.55. The Morgan fingerprint density at radius 1 is 1.05 bits per heavy atom. The fourth-order valence-electron chi connectivity index (χ4n) is 3.99. The van der Waals surface area contributed by atoms with Crippen molar-refractivity contribution in [2.75, 3.05) is 0 Å². The van der Waals surface area contributed by atoms with Crippen LogP contribution >= 0.6 is 0 Å². The van der Waals surface area contributed by atoms with E-state index in [2.05, 4.69) is 43.4 Å². The lowest BCUT2D eigenvalue weighted by Gasteiger charge is -2.40. The minimum atomic E-state index is 0.770. The Bertz CT molecular complexity index is 433. The van der Waals surface area contributed by atoms with Gasteiger partial charge >= 0.3 is 0 Å². The summed E-state index contributed by atoms with van der Waals surface area (Å²) in [4.78, 5) is 0. The van der Waals surface area contributed by atoms with Gasteiger partial charge in [-0.05, 0) is 50.0 Å². The normalized spacial score (nSPS) is 34.3. The van der Waals surface area contributed by atoms with Gasteiger partial charge in [0.1, 0.15) is 0 Å². The Morgan fingerprint density at radius 3 is 2.65 bits per heavy atom. The number of hydrogen-bond acceptors (Lipinski definition) is 1. The van der Waals surface area contributed by atoms with Crippen molar-refractivity contribution in [3.63, 3.8) is 0 Å². The number of nitrogens with one attached hydrogen (secondary N) is 1. The highest BCUT2D eigenvalue weighted by atomic mass is 15.0. The Balaban J connectivity index is 1.50. The molecule has 0 aromatic heterocycles. The summed E-state index contributed by atoms with van der Waals surface area (Å²) in [5.41, 5.74) is 2.95. The molecule has 2 saturated carbocycles. The molecule has 3 rings (SSSR count). The molecule has 20 heavy (non-hydrogen) atoms. The van der Waals surface area contributed by atoms with E-state index in [1.807, 2.05) is 0 Å². The van der Waals surface area contributed by atoms with Crippen LogP contribution in [0.3, 0.4) is 0 Å². The van der Waals surface area contributed by atoms with Crippen molar-refractivity contribution in [1.82, 2.24) is 5.32 Å². The Kier molecular flexibility index (Phi) is 4.45. The molecule has 2 atom stereocenters. The van der Waals surface area contributed by atoms with Gasteiger partial charge in [0.25, 0.3) is 0 Å². The van der Waals surface area contributed by atoms with E-state index >= 15 is 0 Å². The van der Waals surface area contributed by atoms with Crippen molar-refractivity contribution in [2.45, 2.75) is 76.8 Å². The molecule has 1 heteroatoms. The van der Waals surface area contributed by atoms with Gasteiger partial charge in [-0.15, -0.1) is 0 Å². The lowest BCUT2D eigenvalue weighted by atomic mass is 9.75. The first kappa shape index (κ1) is 14.1. The van der Waals surface area contributed by atoms with E-state index < -0.39 is 0 Å². The van der Waals surface area contributed by atoms with Crippen molar-refractivity contribution in [3.8, 4) is 0 Å². The predicted molar refractivity (Wildman–Crippen MR) is 86.1 cm³/mol. The van der Waals surface area contributed by atoms with Crippen LogP contribution in [0.15, 0.2) is 24.3 Å². The summed E-state index contributed by atoms with van der Waals surface area (Å²) in [7, 11) is 0. The van der Waals surface area contributed by atoms with Gasteiger partial charge in [0, 0.05) is 12.1 Å². The molecule has 2 aliphatic rings. The molecule has 0 amide bonds. The van der Waals surface area contributed by atoms with Crippen molar-refractivity contribution >= 4 is 0 Å². The van der Waals surface area contributed by atoms with E-state index in [1.54, 1.807) is 5.56 Å². The minimum Gasteiger partial charge on any atom is -0.311 e. The maximum absolute atomic E-state index is 3.96. The average molecular weight is 271 g/mol. The van der Waals surface area contributed by atoms with Crippen LogP contribution in [0.4, 0.5) is 0 Å². The molecule has 0 heterocycles. The first-order valence-corrected chi connectivity index (χ1v) is 8.55. The number of benzene rings is 1. The van der Waals surface area contributed by atoms with Gasteiger partial charge in [0.05, 0.1) is 0 Å². The first-order chi connectivity index (χ1) is 9.72. The molecule has 0 saturated heterocycles. The van der Waals surface area contributed by atoms with Gasteiger partial charge in [0.15, 0.2) is 0 Å². The van der Waals surface area contributed by atoms with Gasteiger partial charge in [-0.25, -0.2) is 0 Å². The van der Waals surface area contributed by atoms with E-state index in [4.69, 9.17) is 0 Å². The molecule has 2 unspecified atom stereocenters. The van der Waals surface area contributed by atoms with Gasteiger partial charge in [0.2, 0.25) is 0 Å². The topological polar surface area (TPSA) is 12.0 Å². The Hall–Kier alpha value is -0.820. The van der Waals surface area contributed by atoms with Crippen LogP contribution in [-0.4, -0.2) is 12.1 Å². The standard InChI is InChI=1S/C19H29N/c1-14-7-6-9-16(11-14)17-12-18(13-17)20-19-10-5-3-4-8-15(19)2/h6-7,9,11,15,17-20H,3-5,8,10,12-13H2,1-2H3. The third-order valence-electron chi connectivity index (χ3n) is 5.46. The zero-order chi connectivity index (χ0) is 13.9. The average Bonchev–Trinajstić information content (AvgIpc) is 2.58. The molecule has 1 nitrogen and oxygen atoms in total. The van der Waals surface area contributed by atoms with Crippen LogP contribution < -0.4 is 5.32 Å². The zero-order valence-corrected chi connectivity index (χ0v) is 13.1. The van der Waals surface area contributed by atoms with Crippen LogP contribution in [0.25, 0.3) is 0 Å². The molecule has 0 radical (unpaired) electrons. The van der Waals surface area contributed by atoms with Crippen molar-refractivity contribution < 1.29 is 0 Å². The highest BCUT2D eigenvalue weighted by molar-refractivity contribution is 5.27. The lowest BCUT2D eigenvalue weighted by molar-refractivity contribution is 0.228. The van der Waals surface area contributed by atoms with E-state index in [1.165, 1.54) is 50.5 Å². The van der Waals surface area contributed by atoms with E-state index in [0.29, 0.717) is 0 Å². The van der Waals surface area contributed by atoms with Gasteiger partial charge in [-0.2, -0.15) is 0 Å². The summed E-state index contributed by atoms with van der Waals surface area (Å²) >= 11 is 0. The predicted octanol–water partition coefficient (Wildman–Crippen LogP) is 4.80. The number of hydrogen-bond donors (Lipinski definition) is 1. The van der Waals surface area contributed by atoms with Crippen LogP contribution in [0, 0.1) is 12.8 Å². The van der Waals surface area contributed by atoms with Gasteiger partial charge in [-0.1, -0.05) is 56.0 Å². The Labute approximate surface area is 124 Å². The lowest BCUT2D eigenvalue weighted by Crippen LogP contribution is -2.47. The fourth-order valence-corrected chi connectivity index (χ4v) is 3.99. The molecule has 0 bridgehead atoms. The molecule has 2 aliphatic carbocycles. The summed E-state index contributed by atoms with van der Waals surface area (Å²) in [6.07, 6.45) is 9.81. The molecular formula is C19H29N. The highest BCUT2D eigenvalue weighted by Gasteiger charge is 2.32. The van der Waals surface area contributed by atoms with E-state index in [-0.39, 0.29) is 0 Å². The summed E-state index contributed by atoms with van der Waals surface area (Å²) < 4.78 is 0. The molecule has 1 aromatic carbocycles. The van der Waals surface area contributed by atoms with Crippen LogP contribution in [-0.2, 0) is 0 Å². The maximum atomic E-state index is 3.96. The van der Waals surface area contributed by atoms with Gasteiger partial charge < -0.3 is 5.32 Å². The van der Waals surface area contributed by atoms with Crippen LogP contribution in [0.5, 0.6) is 0 Å². The Morgan fingerprint density at radius 2 is 1.85 bits per heavy atom. The second-order valence-electron chi connectivity index (χ2n) is 7.17. The van der Waals surface area contributed by atoms with Crippen molar-refractivity contribution in [3.05, 3.63) is 35.4 Å². The molecular weight excluding hydrogens is 242 g/mol. The van der Waals surface area contributed by atoms with Crippen molar-refractivity contribution in [2.24, 2.45) is 5.92 Å².